The fraction of sp³-hybridized carbons (Fsp3) is 0.350. The summed E-state index contributed by atoms with van der Waals surface area (Å²) in [6.07, 6.45) is 0.341. The molecule has 2 aromatic rings. The minimum absolute atomic E-state index is 0.0257. The Hall–Kier alpha value is -2.69. The van der Waals surface area contributed by atoms with Gasteiger partial charge in [0.05, 0.1) is 18.2 Å². The van der Waals surface area contributed by atoms with E-state index in [-0.39, 0.29) is 29.8 Å². The Kier molecular flexibility index (Phi) is 8.21. The van der Waals surface area contributed by atoms with Gasteiger partial charge in [0.2, 0.25) is 0 Å². The average Bonchev–Trinajstić information content (AvgIpc) is 3.25. The van der Waals surface area contributed by atoms with Crippen molar-refractivity contribution in [3.8, 4) is 5.75 Å². The lowest BCUT2D eigenvalue weighted by molar-refractivity contribution is -0.122. The van der Waals surface area contributed by atoms with Gasteiger partial charge >= 0.3 is 0 Å². The van der Waals surface area contributed by atoms with Crippen molar-refractivity contribution in [3.05, 3.63) is 52.4 Å². The number of benzene rings is 1. The van der Waals surface area contributed by atoms with Gasteiger partial charge in [0.15, 0.2) is 11.7 Å². The molecule has 0 radical (unpaired) electrons. The Morgan fingerprint density at radius 3 is 2.87 bits per heavy atom. The van der Waals surface area contributed by atoms with Crippen LogP contribution in [-0.4, -0.2) is 56.3 Å². The summed E-state index contributed by atoms with van der Waals surface area (Å²) in [7, 11) is 0. The fourth-order valence-electron chi connectivity index (χ4n) is 2.70. The molecule has 31 heavy (non-hydrogen) atoms. The molecule has 2 amide bonds. The van der Waals surface area contributed by atoms with Crippen molar-refractivity contribution >= 4 is 39.9 Å². The molecule has 2 N–H and O–H groups in total. The third-order valence-corrected chi connectivity index (χ3v) is 5.50. The van der Waals surface area contributed by atoms with E-state index in [4.69, 9.17) is 21.1 Å². The highest BCUT2D eigenvalue weighted by molar-refractivity contribution is 7.13. The summed E-state index contributed by atoms with van der Waals surface area (Å²) in [5.74, 6) is -1.17. The number of rotatable bonds is 9. The monoisotopic (exact) mass is 468 g/mol. The number of anilines is 1. The molecule has 0 saturated carbocycles. The van der Waals surface area contributed by atoms with Crippen molar-refractivity contribution < 1.29 is 23.5 Å². The molecule has 2 heterocycles. The van der Waals surface area contributed by atoms with Crippen molar-refractivity contribution in [2.45, 2.75) is 6.42 Å². The van der Waals surface area contributed by atoms with Crippen LogP contribution in [0.2, 0.25) is 5.02 Å². The molecule has 166 valence electrons. The van der Waals surface area contributed by atoms with Gasteiger partial charge in [-0.3, -0.25) is 9.59 Å². The number of nitrogens with zero attached hydrogens (tertiary/aromatic N) is 2. The number of hydrogen-bond donors (Lipinski definition) is 2. The first-order chi connectivity index (χ1) is 14.9. The maximum Gasteiger partial charge on any atom is 0.270 e. The van der Waals surface area contributed by atoms with E-state index in [1.165, 1.54) is 23.5 Å². The summed E-state index contributed by atoms with van der Waals surface area (Å²) in [5.41, 5.74) is 0.771. The molecule has 0 bridgehead atoms. The van der Waals surface area contributed by atoms with Crippen LogP contribution in [0.25, 0.3) is 0 Å². The molecular weight excluding hydrogens is 447 g/mol. The molecule has 8 nitrogen and oxygen atoms in total. The molecule has 1 aromatic heterocycles. The number of ether oxygens (including phenoxy) is 2. The molecule has 1 aliphatic rings. The standard InChI is InChI=1S/C20H22ClFN4O4S/c1-13(24-18(27)11-30-14-2-3-15(21)16(22)10-14)4-5-23-19(28)17-12-31-20(25-17)26-6-8-29-9-7-26/h2-3,10,12H,1,4-9,11H2,(H,23,28)(H,24,27). The normalized spacial score (nSPS) is 13.5. The maximum atomic E-state index is 13.4. The van der Waals surface area contributed by atoms with Gasteiger partial charge in [-0.1, -0.05) is 18.2 Å². The number of nitrogens with one attached hydrogen (secondary N) is 2. The number of amides is 2. The molecule has 0 aliphatic carbocycles. The number of hydrogen-bond acceptors (Lipinski definition) is 7. The van der Waals surface area contributed by atoms with Crippen LogP contribution in [0, 0.1) is 5.82 Å². The first kappa shape index (κ1) is 23.0. The molecule has 0 spiro atoms. The molecule has 1 saturated heterocycles. The van der Waals surface area contributed by atoms with Crippen LogP contribution in [0.1, 0.15) is 16.9 Å². The van der Waals surface area contributed by atoms with E-state index in [0.29, 0.717) is 31.0 Å². The van der Waals surface area contributed by atoms with Gasteiger partial charge in [-0.15, -0.1) is 11.3 Å². The van der Waals surface area contributed by atoms with Crippen LogP contribution in [-0.2, 0) is 9.53 Å². The summed E-state index contributed by atoms with van der Waals surface area (Å²) in [5, 5.41) is 7.82. The summed E-state index contributed by atoms with van der Waals surface area (Å²) < 4.78 is 23.9. The Labute approximate surface area is 188 Å². The van der Waals surface area contributed by atoms with Gasteiger partial charge in [-0.05, 0) is 12.1 Å². The maximum absolute atomic E-state index is 13.4. The molecule has 0 unspecified atom stereocenters. The topological polar surface area (TPSA) is 92.8 Å². The molecule has 1 fully saturated rings. The Morgan fingerprint density at radius 1 is 1.35 bits per heavy atom. The molecule has 1 aliphatic heterocycles. The number of carbonyl (C=O) groups excluding carboxylic acids is 2. The first-order valence-corrected chi connectivity index (χ1v) is 10.8. The molecule has 3 rings (SSSR count). The van der Waals surface area contributed by atoms with Gasteiger partial charge in [0, 0.05) is 43.2 Å². The highest BCUT2D eigenvalue weighted by Crippen LogP contribution is 2.22. The van der Waals surface area contributed by atoms with E-state index in [0.717, 1.165) is 24.3 Å². The molecule has 0 atom stereocenters. The Bertz CT molecular complexity index is 949. The summed E-state index contributed by atoms with van der Waals surface area (Å²) in [6.45, 7) is 6.54. The van der Waals surface area contributed by atoms with E-state index in [9.17, 15) is 14.0 Å². The number of carbonyl (C=O) groups is 2. The smallest absolute Gasteiger partial charge is 0.270 e. The summed E-state index contributed by atoms with van der Waals surface area (Å²) in [4.78, 5) is 30.7. The zero-order chi connectivity index (χ0) is 22.2. The second-order valence-electron chi connectivity index (χ2n) is 6.64. The zero-order valence-electron chi connectivity index (χ0n) is 16.7. The highest BCUT2D eigenvalue weighted by Gasteiger charge is 2.17. The predicted molar refractivity (Wildman–Crippen MR) is 116 cm³/mol. The molecule has 11 heteroatoms. The third kappa shape index (κ3) is 6.91. The van der Waals surface area contributed by atoms with Crippen LogP contribution in [0.3, 0.4) is 0 Å². The summed E-state index contributed by atoms with van der Waals surface area (Å²) >= 11 is 7.01. The minimum Gasteiger partial charge on any atom is -0.484 e. The second kappa shape index (κ2) is 11.1. The lowest BCUT2D eigenvalue weighted by atomic mass is 10.3. The lowest BCUT2D eigenvalue weighted by Crippen LogP contribution is -2.36. The van der Waals surface area contributed by atoms with Crippen LogP contribution in [0.5, 0.6) is 5.75 Å². The number of morpholine rings is 1. The van der Waals surface area contributed by atoms with Crippen molar-refractivity contribution in [1.82, 2.24) is 15.6 Å². The Morgan fingerprint density at radius 2 is 2.13 bits per heavy atom. The van der Waals surface area contributed by atoms with Crippen molar-refractivity contribution in [2.24, 2.45) is 0 Å². The van der Waals surface area contributed by atoms with Gasteiger partial charge in [0.25, 0.3) is 11.8 Å². The van der Waals surface area contributed by atoms with E-state index < -0.39 is 11.7 Å². The Balaban J connectivity index is 1.35. The summed E-state index contributed by atoms with van der Waals surface area (Å²) in [6, 6.07) is 3.91. The second-order valence-corrected chi connectivity index (χ2v) is 7.88. The van der Waals surface area contributed by atoms with E-state index in [1.54, 1.807) is 5.38 Å². The van der Waals surface area contributed by atoms with Gasteiger partial charge in [-0.25, -0.2) is 9.37 Å². The average molecular weight is 469 g/mol. The molecular formula is C20H22ClFN4O4S. The zero-order valence-corrected chi connectivity index (χ0v) is 18.2. The largest absolute Gasteiger partial charge is 0.484 e. The quantitative estimate of drug-likeness (QED) is 0.587. The van der Waals surface area contributed by atoms with Gasteiger partial charge in [-0.2, -0.15) is 0 Å². The highest BCUT2D eigenvalue weighted by atomic mass is 35.5. The van der Waals surface area contributed by atoms with Crippen molar-refractivity contribution in [3.63, 3.8) is 0 Å². The van der Waals surface area contributed by atoms with Gasteiger partial charge in [0.1, 0.15) is 17.3 Å². The van der Waals surface area contributed by atoms with Gasteiger partial charge < -0.3 is 25.0 Å². The van der Waals surface area contributed by atoms with E-state index in [1.807, 2.05) is 0 Å². The fourth-order valence-corrected chi connectivity index (χ4v) is 3.67. The number of halogens is 2. The van der Waals surface area contributed by atoms with Crippen molar-refractivity contribution in [1.29, 1.82) is 0 Å². The predicted octanol–water partition coefficient (Wildman–Crippen LogP) is 2.60. The SMILES string of the molecule is C=C(CCNC(=O)c1csc(N2CCOCC2)n1)NC(=O)COc1ccc(Cl)c(F)c1. The first-order valence-electron chi connectivity index (χ1n) is 9.54. The third-order valence-electron chi connectivity index (χ3n) is 4.30. The van der Waals surface area contributed by atoms with Crippen LogP contribution < -0.4 is 20.3 Å². The molecule has 1 aromatic carbocycles. The minimum atomic E-state index is -0.628. The van der Waals surface area contributed by atoms with E-state index >= 15 is 0 Å². The van der Waals surface area contributed by atoms with Crippen LogP contribution >= 0.6 is 22.9 Å². The lowest BCUT2D eigenvalue weighted by Gasteiger charge is -2.25. The van der Waals surface area contributed by atoms with E-state index in [2.05, 4.69) is 27.1 Å². The van der Waals surface area contributed by atoms with Crippen molar-refractivity contribution in [2.75, 3.05) is 44.4 Å². The number of aromatic nitrogens is 1. The van der Waals surface area contributed by atoms with Crippen LogP contribution in [0.15, 0.2) is 35.9 Å². The number of thiazole rings is 1. The van der Waals surface area contributed by atoms with Crippen LogP contribution in [0.4, 0.5) is 9.52 Å².